The first-order chi connectivity index (χ1) is 8.84. The number of hydrogen-bond acceptors (Lipinski definition) is 5. The molecule has 106 valence electrons. The molecule has 8 heteroatoms. The van der Waals surface area contributed by atoms with Crippen LogP contribution in [0.1, 0.15) is 13.3 Å². The topological polar surface area (TPSA) is 98.5 Å². The summed E-state index contributed by atoms with van der Waals surface area (Å²) in [6.07, 6.45) is -0.219. The number of halogens is 1. The predicted octanol–water partition coefficient (Wildman–Crippen LogP) is 1.62. The van der Waals surface area contributed by atoms with Crippen LogP contribution in [0, 0.1) is 0 Å². The van der Waals surface area contributed by atoms with Gasteiger partial charge in [-0.3, -0.25) is 9.52 Å². The van der Waals surface area contributed by atoms with Crippen LogP contribution in [-0.2, 0) is 19.6 Å². The maximum atomic E-state index is 11.8. The summed E-state index contributed by atoms with van der Waals surface area (Å²) in [7, 11) is -3.68. The third kappa shape index (κ3) is 5.35. The van der Waals surface area contributed by atoms with Gasteiger partial charge in [-0.1, -0.05) is 11.6 Å². The van der Waals surface area contributed by atoms with E-state index in [4.69, 9.17) is 17.3 Å². The number of anilines is 2. The Labute approximate surface area is 116 Å². The summed E-state index contributed by atoms with van der Waals surface area (Å²) in [6.45, 7) is 1.87. The monoisotopic (exact) mass is 306 g/mol. The lowest BCUT2D eigenvalue weighted by atomic mass is 10.3. The Balaban J connectivity index is 2.69. The predicted molar refractivity (Wildman–Crippen MR) is 74.5 cm³/mol. The number of carbonyl (C=O) groups is 1. The first-order valence-corrected chi connectivity index (χ1v) is 7.58. The van der Waals surface area contributed by atoms with Gasteiger partial charge in [0.05, 0.1) is 29.5 Å². The Bertz CT molecular complexity index is 560. The molecule has 1 aromatic rings. The minimum atomic E-state index is -3.68. The average Bonchev–Trinajstić information content (AvgIpc) is 2.32. The van der Waals surface area contributed by atoms with Crippen LogP contribution in [0.25, 0.3) is 0 Å². The molecule has 0 spiro atoms. The van der Waals surface area contributed by atoms with E-state index < -0.39 is 16.0 Å². The number of nitrogens with two attached hydrogens (primary N) is 1. The van der Waals surface area contributed by atoms with Crippen LogP contribution in [0.4, 0.5) is 11.4 Å². The van der Waals surface area contributed by atoms with Crippen LogP contribution in [0.3, 0.4) is 0 Å². The molecule has 0 heterocycles. The summed E-state index contributed by atoms with van der Waals surface area (Å²) >= 11 is 5.84. The zero-order chi connectivity index (χ0) is 14.5. The third-order valence-corrected chi connectivity index (χ3v) is 3.74. The van der Waals surface area contributed by atoms with Gasteiger partial charge in [-0.2, -0.15) is 0 Å². The van der Waals surface area contributed by atoms with Gasteiger partial charge in [0.1, 0.15) is 0 Å². The molecule has 0 atom stereocenters. The van der Waals surface area contributed by atoms with E-state index in [1.54, 1.807) is 13.0 Å². The van der Waals surface area contributed by atoms with Gasteiger partial charge in [0.2, 0.25) is 10.0 Å². The standard InChI is InChI=1S/C11H15ClN2O4S/c1-2-18-11(15)5-6-19(16,17)14-10-7-8(13)3-4-9(10)12/h3-4,7,14H,2,5-6,13H2,1H3. The molecule has 3 N–H and O–H groups in total. The average molecular weight is 307 g/mol. The highest BCUT2D eigenvalue weighted by atomic mass is 35.5. The van der Waals surface area contributed by atoms with Gasteiger partial charge >= 0.3 is 5.97 Å². The SMILES string of the molecule is CCOC(=O)CCS(=O)(=O)Nc1cc(N)ccc1Cl. The van der Waals surface area contributed by atoms with E-state index in [0.29, 0.717) is 5.69 Å². The smallest absolute Gasteiger partial charge is 0.306 e. The Hall–Kier alpha value is -1.47. The van der Waals surface area contributed by atoms with Crippen LogP contribution < -0.4 is 10.5 Å². The Morgan fingerprint density at radius 1 is 1.47 bits per heavy atom. The van der Waals surface area contributed by atoms with Crippen LogP contribution in [0.15, 0.2) is 18.2 Å². The number of ether oxygens (including phenoxy) is 1. The van der Waals surface area contributed by atoms with Gasteiger partial charge in [-0.05, 0) is 25.1 Å². The van der Waals surface area contributed by atoms with Crippen molar-refractivity contribution in [3.8, 4) is 0 Å². The van der Waals surface area contributed by atoms with E-state index in [2.05, 4.69) is 9.46 Å². The Kier molecular flexibility index (Phi) is 5.44. The van der Waals surface area contributed by atoms with Crippen LogP contribution in [0.5, 0.6) is 0 Å². The maximum Gasteiger partial charge on any atom is 0.306 e. The number of esters is 1. The zero-order valence-corrected chi connectivity index (χ0v) is 11.9. The quantitative estimate of drug-likeness (QED) is 0.614. The van der Waals surface area contributed by atoms with Gasteiger partial charge in [0.15, 0.2) is 0 Å². The van der Waals surface area contributed by atoms with E-state index in [1.165, 1.54) is 12.1 Å². The van der Waals surface area contributed by atoms with Gasteiger partial charge in [0, 0.05) is 5.69 Å². The van der Waals surface area contributed by atoms with Crippen LogP contribution in [0.2, 0.25) is 5.02 Å². The van der Waals surface area contributed by atoms with E-state index >= 15 is 0 Å². The molecule has 0 aliphatic carbocycles. The number of sulfonamides is 1. The highest BCUT2D eigenvalue weighted by molar-refractivity contribution is 7.92. The van der Waals surface area contributed by atoms with Crippen molar-refractivity contribution in [3.63, 3.8) is 0 Å². The molecule has 0 bridgehead atoms. The Morgan fingerprint density at radius 2 is 2.16 bits per heavy atom. The largest absolute Gasteiger partial charge is 0.466 e. The van der Waals surface area contributed by atoms with Crippen molar-refractivity contribution in [3.05, 3.63) is 23.2 Å². The van der Waals surface area contributed by atoms with Crippen molar-refractivity contribution in [2.75, 3.05) is 22.8 Å². The molecule has 0 aromatic heterocycles. The minimum absolute atomic E-state index is 0.186. The summed E-state index contributed by atoms with van der Waals surface area (Å²) in [4.78, 5) is 11.1. The molecule has 0 saturated carbocycles. The lowest BCUT2D eigenvalue weighted by Crippen LogP contribution is -2.20. The van der Waals surface area contributed by atoms with Crippen molar-refractivity contribution in [1.82, 2.24) is 0 Å². The first-order valence-electron chi connectivity index (χ1n) is 5.55. The van der Waals surface area contributed by atoms with Crippen molar-refractivity contribution in [2.24, 2.45) is 0 Å². The fourth-order valence-electron chi connectivity index (χ4n) is 1.29. The van der Waals surface area contributed by atoms with Crippen molar-refractivity contribution in [1.29, 1.82) is 0 Å². The summed E-state index contributed by atoms with van der Waals surface area (Å²) in [6, 6.07) is 4.45. The zero-order valence-electron chi connectivity index (χ0n) is 10.3. The van der Waals surface area contributed by atoms with E-state index in [1.807, 2.05) is 0 Å². The van der Waals surface area contributed by atoms with Gasteiger partial charge in [-0.25, -0.2) is 8.42 Å². The molecule has 0 aliphatic rings. The highest BCUT2D eigenvalue weighted by Gasteiger charge is 2.15. The van der Waals surface area contributed by atoms with Crippen LogP contribution >= 0.6 is 11.6 Å². The first kappa shape index (κ1) is 15.6. The van der Waals surface area contributed by atoms with E-state index in [-0.39, 0.29) is 29.5 Å². The highest BCUT2D eigenvalue weighted by Crippen LogP contribution is 2.25. The molecule has 0 unspecified atom stereocenters. The number of benzene rings is 1. The summed E-state index contributed by atoms with van der Waals surface area (Å²) < 4.78 is 30.4. The fraction of sp³-hybridized carbons (Fsp3) is 0.364. The van der Waals surface area contributed by atoms with Crippen molar-refractivity contribution < 1.29 is 17.9 Å². The van der Waals surface area contributed by atoms with Crippen LogP contribution in [-0.4, -0.2) is 26.7 Å². The van der Waals surface area contributed by atoms with Gasteiger partial charge in [-0.15, -0.1) is 0 Å². The fourth-order valence-corrected chi connectivity index (χ4v) is 2.55. The summed E-state index contributed by atoms with van der Waals surface area (Å²) in [5.41, 5.74) is 6.11. The molecule has 0 fully saturated rings. The number of rotatable bonds is 6. The molecular formula is C11H15ClN2O4S. The normalized spacial score (nSPS) is 11.1. The molecule has 0 radical (unpaired) electrons. The molecule has 0 saturated heterocycles. The minimum Gasteiger partial charge on any atom is -0.466 e. The number of nitrogen functional groups attached to an aromatic ring is 1. The van der Waals surface area contributed by atoms with Gasteiger partial charge < -0.3 is 10.5 Å². The second-order valence-corrected chi connectivity index (χ2v) is 5.96. The molecular weight excluding hydrogens is 292 g/mol. The van der Waals surface area contributed by atoms with E-state index in [0.717, 1.165) is 0 Å². The molecule has 0 aliphatic heterocycles. The molecule has 1 aromatic carbocycles. The second kappa shape index (κ2) is 6.63. The molecule has 0 amide bonds. The molecule has 19 heavy (non-hydrogen) atoms. The number of hydrogen-bond donors (Lipinski definition) is 2. The number of nitrogens with one attached hydrogen (secondary N) is 1. The molecule has 6 nitrogen and oxygen atoms in total. The summed E-state index contributed by atoms with van der Waals surface area (Å²) in [5, 5.41) is 0.230. The lowest BCUT2D eigenvalue weighted by Gasteiger charge is -2.10. The maximum absolute atomic E-state index is 11.8. The number of carbonyl (C=O) groups excluding carboxylic acids is 1. The second-order valence-electron chi connectivity index (χ2n) is 3.72. The summed E-state index contributed by atoms with van der Waals surface area (Å²) in [5.74, 6) is -0.941. The Morgan fingerprint density at radius 3 is 2.79 bits per heavy atom. The third-order valence-electron chi connectivity index (χ3n) is 2.14. The lowest BCUT2D eigenvalue weighted by molar-refractivity contribution is -0.142. The molecule has 1 rings (SSSR count). The van der Waals surface area contributed by atoms with Crippen molar-refractivity contribution in [2.45, 2.75) is 13.3 Å². The van der Waals surface area contributed by atoms with E-state index in [9.17, 15) is 13.2 Å². The van der Waals surface area contributed by atoms with Gasteiger partial charge in [0.25, 0.3) is 0 Å². The van der Waals surface area contributed by atoms with Crippen molar-refractivity contribution >= 4 is 39.0 Å².